The molecule has 0 bridgehead atoms. The van der Waals surface area contributed by atoms with Gasteiger partial charge in [0.25, 0.3) is 5.91 Å². The fourth-order valence-electron chi connectivity index (χ4n) is 2.21. The van der Waals surface area contributed by atoms with E-state index in [9.17, 15) is 9.59 Å². The molecule has 25 heavy (non-hydrogen) atoms. The van der Waals surface area contributed by atoms with Crippen LogP contribution in [0, 0.1) is 0 Å². The zero-order chi connectivity index (χ0) is 18.4. The summed E-state index contributed by atoms with van der Waals surface area (Å²) >= 11 is 6.22. The van der Waals surface area contributed by atoms with Gasteiger partial charge in [0.05, 0.1) is 5.02 Å². The van der Waals surface area contributed by atoms with Crippen molar-refractivity contribution in [3.63, 3.8) is 0 Å². The summed E-state index contributed by atoms with van der Waals surface area (Å²) in [4.78, 5) is 24.8. The molecule has 0 radical (unpaired) electrons. The van der Waals surface area contributed by atoms with Gasteiger partial charge in [0.15, 0.2) is 12.7 Å². The molecular formula is C19H20ClNO4. The smallest absolute Gasteiger partial charge is 0.344 e. The molecule has 0 aliphatic rings. The molecule has 0 aromatic heterocycles. The maximum Gasteiger partial charge on any atom is 0.344 e. The molecule has 0 heterocycles. The Bertz CT molecular complexity index is 746. The lowest BCUT2D eigenvalue weighted by Crippen LogP contribution is -2.35. The zero-order valence-corrected chi connectivity index (χ0v) is 15.1. The molecule has 2 aromatic rings. The SMILES string of the molecule is C[C@H](OC(=O)COc1ccc(-c2ccccc2)cc1Cl)C(=O)N(C)C. The van der Waals surface area contributed by atoms with Crippen LogP contribution in [0.25, 0.3) is 11.1 Å². The molecule has 0 fully saturated rings. The van der Waals surface area contributed by atoms with Crippen molar-refractivity contribution in [3.05, 3.63) is 53.6 Å². The highest BCUT2D eigenvalue weighted by Gasteiger charge is 2.19. The number of ether oxygens (including phenoxy) is 2. The number of rotatable bonds is 6. The number of likely N-dealkylation sites (N-methyl/N-ethyl adjacent to an activating group) is 1. The van der Waals surface area contributed by atoms with Gasteiger partial charge in [0.2, 0.25) is 0 Å². The maximum absolute atomic E-state index is 11.8. The molecule has 0 N–H and O–H groups in total. The van der Waals surface area contributed by atoms with Crippen molar-refractivity contribution in [1.82, 2.24) is 4.90 Å². The lowest BCUT2D eigenvalue weighted by molar-refractivity contribution is -0.159. The minimum atomic E-state index is -0.859. The molecule has 2 aromatic carbocycles. The predicted octanol–water partition coefficient (Wildman–Crippen LogP) is 3.41. The number of esters is 1. The molecule has 132 valence electrons. The first-order valence-corrected chi connectivity index (χ1v) is 8.14. The van der Waals surface area contributed by atoms with Crippen molar-refractivity contribution in [2.24, 2.45) is 0 Å². The molecule has 2 rings (SSSR count). The summed E-state index contributed by atoms with van der Waals surface area (Å²) < 4.78 is 10.4. The van der Waals surface area contributed by atoms with E-state index in [2.05, 4.69) is 0 Å². The summed E-state index contributed by atoms with van der Waals surface area (Å²) in [6.45, 7) is 1.19. The largest absolute Gasteiger partial charge is 0.480 e. The minimum Gasteiger partial charge on any atom is -0.480 e. The fraction of sp³-hybridized carbons (Fsp3) is 0.263. The summed E-state index contributed by atoms with van der Waals surface area (Å²) in [7, 11) is 3.19. The third kappa shape index (κ3) is 5.22. The molecule has 1 amide bonds. The van der Waals surface area contributed by atoms with Crippen molar-refractivity contribution in [3.8, 4) is 16.9 Å². The quantitative estimate of drug-likeness (QED) is 0.740. The van der Waals surface area contributed by atoms with E-state index in [0.717, 1.165) is 11.1 Å². The van der Waals surface area contributed by atoms with E-state index in [0.29, 0.717) is 10.8 Å². The third-order valence-corrected chi connectivity index (χ3v) is 3.78. The molecule has 0 aliphatic carbocycles. The van der Waals surface area contributed by atoms with E-state index in [1.807, 2.05) is 36.4 Å². The maximum atomic E-state index is 11.8. The molecule has 0 unspecified atom stereocenters. The van der Waals surface area contributed by atoms with Crippen molar-refractivity contribution >= 4 is 23.5 Å². The summed E-state index contributed by atoms with van der Waals surface area (Å²) in [6, 6.07) is 15.1. The second-order valence-electron chi connectivity index (χ2n) is 5.66. The standard InChI is InChI=1S/C19H20ClNO4/c1-13(19(23)21(2)3)25-18(22)12-24-17-10-9-15(11-16(17)20)14-7-5-4-6-8-14/h4-11,13H,12H2,1-3H3/t13-/m0/s1. The average molecular weight is 362 g/mol. The summed E-state index contributed by atoms with van der Waals surface area (Å²) in [6.07, 6.45) is -0.859. The van der Waals surface area contributed by atoms with Gasteiger partial charge in [-0.2, -0.15) is 0 Å². The van der Waals surface area contributed by atoms with Gasteiger partial charge in [-0.3, -0.25) is 4.79 Å². The van der Waals surface area contributed by atoms with Gasteiger partial charge in [-0.25, -0.2) is 4.79 Å². The van der Waals surface area contributed by atoms with Crippen LogP contribution in [-0.4, -0.2) is 43.6 Å². The fourth-order valence-corrected chi connectivity index (χ4v) is 2.45. The van der Waals surface area contributed by atoms with E-state index >= 15 is 0 Å². The Labute approximate surface area is 152 Å². The number of carbonyl (C=O) groups is 2. The Morgan fingerprint density at radius 1 is 1.08 bits per heavy atom. The predicted molar refractivity (Wildman–Crippen MR) is 96.6 cm³/mol. The van der Waals surface area contributed by atoms with Gasteiger partial charge in [-0.05, 0) is 30.2 Å². The Hall–Kier alpha value is -2.53. The van der Waals surface area contributed by atoms with Crippen LogP contribution < -0.4 is 4.74 Å². The van der Waals surface area contributed by atoms with E-state index in [-0.39, 0.29) is 12.5 Å². The van der Waals surface area contributed by atoms with Crippen molar-refractivity contribution in [2.45, 2.75) is 13.0 Å². The first kappa shape index (κ1) is 18.8. The zero-order valence-electron chi connectivity index (χ0n) is 14.4. The van der Waals surface area contributed by atoms with Crippen molar-refractivity contribution in [1.29, 1.82) is 0 Å². The van der Waals surface area contributed by atoms with Crippen LogP contribution in [0.2, 0.25) is 5.02 Å². The van der Waals surface area contributed by atoms with Crippen LogP contribution in [0.5, 0.6) is 5.75 Å². The van der Waals surface area contributed by atoms with Crippen molar-refractivity contribution in [2.75, 3.05) is 20.7 Å². The molecule has 0 spiro atoms. The van der Waals surface area contributed by atoms with Crippen LogP contribution in [0.15, 0.2) is 48.5 Å². The van der Waals surface area contributed by atoms with E-state index in [1.54, 1.807) is 26.2 Å². The number of benzene rings is 2. The average Bonchev–Trinajstić information content (AvgIpc) is 2.60. The second kappa shape index (κ2) is 8.53. The van der Waals surface area contributed by atoms with Gasteiger partial charge in [-0.15, -0.1) is 0 Å². The molecule has 0 aliphatic heterocycles. The monoisotopic (exact) mass is 361 g/mol. The van der Waals surface area contributed by atoms with Gasteiger partial charge >= 0.3 is 5.97 Å². The molecule has 5 nitrogen and oxygen atoms in total. The Morgan fingerprint density at radius 2 is 1.76 bits per heavy atom. The van der Waals surface area contributed by atoms with Crippen LogP contribution in [0.4, 0.5) is 0 Å². The number of amides is 1. The first-order valence-electron chi connectivity index (χ1n) is 7.77. The van der Waals surface area contributed by atoms with Crippen LogP contribution in [0.3, 0.4) is 0 Å². The molecule has 0 saturated carbocycles. The normalized spacial score (nSPS) is 11.5. The number of hydrogen-bond donors (Lipinski definition) is 0. The van der Waals surface area contributed by atoms with E-state index in [4.69, 9.17) is 21.1 Å². The summed E-state index contributed by atoms with van der Waals surface area (Å²) in [5, 5.41) is 0.395. The van der Waals surface area contributed by atoms with Crippen LogP contribution in [-0.2, 0) is 14.3 Å². The van der Waals surface area contributed by atoms with Gasteiger partial charge in [-0.1, -0.05) is 48.0 Å². The van der Waals surface area contributed by atoms with E-state index in [1.165, 1.54) is 11.8 Å². The van der Waals surface area contributed by atoms with Gasteiger partial charge < -0.3 is 14.4 Å². The number of carbonyl (C=O) groups excluding carboxylic acids is 2. The lowest BCUT2D eigenvalue weighted by Gasteiger charge is -2.17. The summed E-state index contributed by atoms with van der Waals surface area (Å²) in [5.74, 6) is -0.547. The highest BCUT2D eigenvalue weighted by atomic mass is 35.5. The third-order valence-electron chi connectivity index (χ3n) is 3.48. The van der Waals surface area contributed by atoms with Crippen molar-refractivity contribution < 1.29 is 19.1 Å². The number of hydrogen-bond acceptors (Lipinski definition) is 4. The molecular weight excluding hydrogens is 342 g/mol. The Kier molecular flexibility index (Phi) is 6.42. The van der Waals surface area contributed by atoms with Crippen LogP contribution in [0.1, 0.15) is 6.92 Å². The second-order valence-corrected chi connectivity index (χ2v) is 6.07. The van der Waals surface area contributed by atoms with Gasteiger partial charge in [0, 0.05) is 14.1 Å². The summed E-state index contributed by atoms with van der Waals surface area (Å²) in [5.41, 5.74) is 1.98. The first-order chi connectivity index (χ1) is 11.9. The van der Waals surface area contributed by atoms with Crippen LogP contribution >= 0.6 is 11.6 Å². The Morgan fingerprint density at radius 3 is 2.36 bits per heavy atom. The lowest BCUT2D eigenvalue weighted by atomic mass is 10.1. The number of halogens is 1. The topological polar surface area (TPSA) is 55.8 Å². The molecule has 0 saturated heterocycles. The minimum absolute atomic E-state index is 0.293. The molecule has 6 heteroatoms. The highest BCUT2D eigenvalue weighted by molar-refractivity contribution is 6.32. The van der Waals surface area contributed by atoms with E-state index < -0.39 is 12.1 Å². The highest BCUT2D eigenvalue weighted by Crippen LogP contribution is 2.30. The Balaban J connectivity index is 1.95. The molecule has 1 atom stereocenters. The number of nitrogens with zero attached hydrogens (tertiary/aromatic N) is 1. The van der Waals surface area contributed by atoms with Gasteiger partial charge in [0.1, 0.15) is 5.75 Å².